The fraction of sp³-hybridized carbons (Fsp3) is 0.562. The minimum atomic E-state index is -0.271. The molecule has 0 unspecified atom stereocenters. The maximum atomic E-state index is 12.2. The molecule has 2 aliphatic heterocycles. The number of hydrogen-bond acceptors (Lipinski definition) is 3. The lowest BCUT2D eigenvalue weighted by Crippen LogP contribution is -2.38. The molecular weight excluding hydrogens is 254 g/mol. The molecular formula is C16H21NO3. The third-order valence-corrected chi connectivity index (χ3v) is 4.01. The van der Waals surface area contributed by atoms with E-state index >= 15 is 0 Å². The fourth-order valence-electron chi connectivity index (χ4n) is 3.08. The van der Waals surface area contributed by atoms with Gasteiger partial charge in [0.1, 0.15) is 11.9 Å². The smallest absolute Gasteiger partial charge is 0.249 e. The molecule has 0 bridgehead atoms. The van der Waals surface area contributed by atoms with E-state index in [4.69, 9.17) is 9.47 Å². The van der Waals surface area contributed by atoms with Crippen molar-refractivity contribution in [3.8, 4) is 5.75 Å². The monoisotopic (exact) mass is 275 g/mol. The molecule has 1 fully saturated rings. The molecule has 1 aromatic carbocycles. The zero-order chi connectivity index (χ0) is 14.1. The number of ether oxygens (including phenoxy) is 2. The van der Waals surface area contributed by atoms with E-state index in [1.807, 2.05) is 0 Å². The van der Waals surface area contributed by atoms with Gasteiger partial charge in [-0.25, -0.2) is 0 Å². The standard InChI is InChI=1S/C16H21NO3/c1-10-8-11(2)15-12(9-10)13(5-7-20-15)17-16(18)14-4-3-6-19-14/h8-9,13-14H,3-7H2,1-2H3,(H,17,18)/t13-,14-/m1/s1. The lowest BCUT2D eigenvalue weighted by molar-refractivity contribution is -0.131. The number of aryl methyl sites for hydroxylation is 2. The van der Waals surface area contributed by atoms with Crippen LogP contribution in [-0.4, -0.2) is 25.2 Å². The Hall–Kier alpha value is -1.55. The van der Waals surface area contributed by atoms with Crippen molar-refractivity contribution in [3.05, 3.63) is 28.8 Å². The van der Waals surface area contributed by atoms with Crippen LogP contribution in [-0.2, 0) is 9.53 Å². The van der Waals surface area contributed by atoms with Crippen LogP contribution >= 0.6 is 0 Å². The van der Waals surface area contributed by atoms with Crippen LogP contribution in [0.25, 0.3) is 0 Å². The number of carbonyl (C=O) groups excluding carboxylic acids is 1. The van der Waals surface area contributed by atoms with E-state index in [0.29, 0.717) is 13.2 Å². The van der Waals surface area contributed by atoms with E-state index in [1.54, 1.807) is 0 Å². The lowest BCUT2D eigenvalue weighted by Gasteiger charge is -2.29. The van der Waals surface area contributed by atoms with Crippen molar-refractivity contribution in [1.82, 2.24) is 5.32 Å². The Morgan fingerprint density at radius 1 is 1.25 bits per heavy atom. The van der Waals surface area contributed by atoms with Gasteiger partial charge in [-0.05, 0) is 32.3 Å². The summed E-state index contributed by atoms with van der Waals surface area (Å²) in [6.07, 6.45) is 2.34. The van der Waals surface area contributed by atoms with Gasteiger partial charge in [0.05, 0.1) is 12.6 Å². The van der Waals surface area contributed by atoms with E-state index < -0.39 is 0 Å². The number of benzene rings is 1. The first-order valence-electron chi connectivity index (χ1n) is 7.31. The number of rotatable bonds is 2. The summed E-state index contributed by atoms with van der Waals surface area (Å²) in [6.45, 7) is 5.46. The normalized spacial score (nSPS) is 24.9. The van der Waals surface area contributed by atoms with Gasteiger partial charge >= 0.3 is 0 Å². The number of carbonyl (C=O) groups is 1. The molecule has 0 aromatic heterocycles. The van der Waals surface area contributed by atoms with Crippen LogP contribution in [0.5, 0.6) is 5.75 Å². The number of amides is 1. The van der Waals surface area contributed by atoms with Crippen LogP contribution in [0.2, 0.25) is 0 Å². The zero-order valence-corrected chi connectivity index (χ0v) is 12.1. The van der Waals surface area contributed by atoms with Crippen molar-refractivity contribution in [1.29, 1.82) is 0 Å². The van der Waals surface area contributed by atoms with Gasteiger partial charge in [-0.2, -0.15) is 0 Å². The van der Waals surface area contributed by atoms with E-state index in [9.17, 15) is 4.79 Å². The van der Waals surface area contributed by atoms with Crippen LogP contribution in [0.1, 0.15) is 42.0 Å². The highest BCUT2D eigenvalue weighted by Gasteiger charge is 2.29. The van der Waals surface area contributed by atoms with E-state index in [-0.39, 0.29) is 18.1 Å². The summed E-state index contributed by atoms with van der Waals surface area (Å²) >= 11 is 0. The Morgan fingerprint density at radius 2 is 2.10 bits per heavy atom. The van der Waals surface area contributed by atoms with Crippen molar-refractivity contribution in [2.24, 2.45) is 0 Å². The van der Waals surface area contributed by atoms with Gasteiger partial charge in [0, 0.05) is 18.6 Å². The van der Waals surface area contributed by atoms with Crippen LogP contribution in [0, 0.1) is 13.8 Å². The highest BCUT2D eigenvalue weighted by Crippen LogP contribution is 2.35. The quantitative estimate of drug-likeness (QED) is 0.901. The van der Waals surface area contributed by atoms with E-state index in [0.717, 1.165) is 36.1 Å². The summed E-state index contributed by atoms with van der Waals surface area (Å²) < 4.78 is 11.2. The average Bonchev–Trinajstić information content (AvgIpc) is 2.93. The summed E-state index contributed by atoms with van der Waals surface area (Å²) in [5.41, 5.74) is 3.43. The third kappa shape index (κ3) is 2.52. The van der Waals surface area contributed by atoms with E-state index in [2.05, 4.69) is 31.3 Å². The summed E-state index contributed by atoms with van der Waals surface area (Å²) in [4.78, 5) is 12.2. The van der Waals surface area contributed by atoms with Crippen LogP contribution in [0.3, 0.4) is 0 Å². The van der Waals surface area contributed by atoms with Gasteiger partial charge in [0.2, 0.25) is 5.91 Å². The second-order valence-corrected chi connectivity index (χ2v) is 5.70. The summed E-state index contributed by atoms with van der Waals surface area (Å²) in [7, 11) is 0. The maximum Gasteiger partial charge on any atom is 0.249 e. The Kier molecular flexibility index (Phi) is 3.66. The highest BCUT2D eigenvalue weighted by atomic mass is 16.5. The molecule has 4 nitrogen and oxygen atoms in total. The van der Waals surface area contributed by atoms with Gasteiger partial charge in [-0.15, -0.1) is 0 Å². The molecule has 1 saturated heterocycles. The molecule has 1 N–H and O–H groups in total. The van der Waals surface area contributed by atoms with Crippen molar-refractivity contribution >= 4 is 5.91 Å². The second-order valence-electron chi connectivity index (χ2n) is 5.70. The van der Waals surface area contributed by atoms with Gasteiger partial charge in [-0.3, -0.25) is 4.79 Å². The van der Waals surface area contributed by atoms with Crippen molar-refractivity contribution < 1.29 is 14.3 Å². The molecule has 2 heterocycles. The predicted molar refractivity (Wildman–Crippen MR) is 75.9 cm³/mol. The SMILES string of the molecule is Cc1cc(C)c2c(c1)[C@H](NC(=O)[C@H]1CCCO1)CCO2. The summed E-state index contributed by atoms with van der Waals surface area (Å²) in [5, 5.41) is 3.13. The minimum absolute atomic E-state index is 0.0134. The van der Waals surface area contributed by atoms with Gasteiger partial charge in [0.25, 0.3) is 0 Å². The molecule has 2 aliphatic rings. The largest absolute Gasteiger partial charge is 0.493 e. The molecule has 0 aliphatic carbocycles. The summed E-state index contributed by atoms with van der Waals surface area (Å²) in [5.74, 6) is 0.944. The molecule has 3 rings (SSSR count). The molecule has 0 radical (unpaired) electrons. The third-order valence-electron chi connectivity index (χ3n) is 4.01. The first-order valence-corrected chi connectivity index (χ1v) is 7.31. The molecule has 108 valence electrons. The molecule has 1 aromatic rings. The Morgan fingerprint density at radius 3 is 2.85 bits per heavy atom. The topological polar surface area (TPSA) is 47.6 Å². The number of hydrogen-bond donors (Lipinski definition) is 1. The molecule has 2 atom stereocenters. The molecule has 4 heteroatoms. The Labute approximate surface area is 119 Å². The lowest BCUT2D eigenvalue weighted by atomic mass is 9.95. The number of nitrogens with one attached hydrogen (secondary N) is 1. The van der Waals surface area contributed by atoms with Crippen LogP contribution in [0.4, 0.5) is 0 Å². The molecule has 0 saturated carbocycles. The van der Waals surface area contributed by atoms with Crippen LogP contribution < -0.4 is 10.1 Å². The minimum Gasteiger partial charge on any atom is -0.493 e. The molecule has 1 amide bonds. The van der Waals surface area contributed by atoms with Crippen molar-refractivity contribution in [2.45, 2.75) is 45.3 Å². The average molecular weight is 275 g/mol. The fourth-order valence-corrected chi connectivity index (χ4v) is 3.08. The first-order chi connectivity index (χ1) is 9.65. The molecule has 0 spiro atoms. The highest BCUT2D eigenvalue weighted by molar-refractivity contribution is 5.81. The predicted octanol–water partition coefficient (Wildman–Crippen LogP) is 2.42. The van der Waals surface area contributed by atoms with E-state index in [1.165, 1.54) is 5.56 Å². The van der Waals surface area contributed by atoms with Gasteiger partial charge in [-0.1, -0.05) is 17.7 Å². The van der Waals surface area contributed by atoms with Crippen LogP contribution in [0.15, 0.2) is 12.1 Å². The maximum absolute atomic E-state index is 12.2. The Balaban J connectivity index is 1.81. The molecule has 20 heavy (non-hydrogen) atoms. The zero-order valence-electron chi connectivity index (χ0n) is 12.1. The van der Waals surface area contributed by atoms with Crippen molar-refractivity contribution in [3.63, 3.8) is 0 Å². The number of fused-ring (bicyclic) bond motifs is 1. The second kappa shape index (κ2) is 5.44. The first kappa shape index (κ1) is 13.4. The Bertz CT molecular complexity index is 521. The van der Waals surface area contributed by atoms with Gasteiger partial charge < -0.3 is 14.8 Å². The van der Waals surface area contributed by atoms with Crippen molar-refractivity contribution in [2.75, 3.05) is 13.2 Å². The summed E-state index contributed by atoms with van der Waals surface area (Å²) in [6, 6.07) is 4.26. The van der Waals surface area contributed by atoms with Gasteiger partial charge in [0.15, 0.2) is 0 Å².